The van der Waals surface area contributed by atoms with Crippen molar-refractivity contribution in [1.82, 2.24) is 0 Å². The third-order valence-corrected chi connectivity index (χ3v) is 2.64. The molecule has 3 nitrogen and oxygen atoms in total. The van der Waals surface area contributed by atoms with Crippen molar-refractivity contribution in [2.45, 2.75) is 33.1 Å². The molecule has 0 radical (unpaired) electrons. The van der Waals surface area contributed by atoms with Crippen molar-refractivity contribution in [2.75, 3.05) is 5.32 Å². The minimum atomic E-state index is 0.110. The average molecular weight is 231 g/mol. The van der Waals surface area contributed by atoms with E-state index in [1.807, 2.05) is 19.1 Å². The molecule has 0 atom stereocenters. The number of hydrogen-bond acceptors (Lipinski definition) is 2. The highest BCUT2D eigenvalue weighted by atomic mass is 14.9. The molecular weight excluding hydrogens is 210 g/mol. The van der Waals surface area contributed by atoms with Crippen LogP contribution in [0.15, 0.2) is 36.0 Å². The molecule has 0 amide bonds. The van der Waals surface area contributed by atoms with Gasteiger partial charge < -0.3 is 11.1 Å². The normalized spacial score (nSPS) is 12.4. The van der Waals surface area contributed by atoms with Crippen LogP contribution in [-0.4, -0.2) is 5.84 Å². The van der Waals surface area contributed by atoms with Gasteiger partial charge in [0.25, 0.3) is 0 Å². The van der Waals surface area contributed by atoms with Crippen molar-refractivity contribution >= 4 is 11.5 Å². The van der Waals surface area contributed by atoms with Gasteiger partial charge in [0.15, 0.2) is 0 Å². The second kappa shape index (κ2) is 5.04. The van der Waals surface area contributed by atoms with Gasteiger partial charge in [0, 0.05) is 17.5 Å². The molecule has 1 aromatic carbocycles. The lowest BCUT2D eigenvalue weighted by Crippen LogP contribution is -2.15. The minimum absolute atomic E-state index is 0.110. The van der Waals surface area contributed by atoms with Crippen LogP contribution >= 0.6 is 0 Å². The highest BCUT2D eigenvalue weighted by Gasteiger charge is 2.13. The molecule has 4 N–H and O–H groups in total. The van der Waals surface area contributed by atoms with Gasteiger partial charge in [-0.25, -0.2) is 0 Å². The Labute approximate surface area is 103 Å². The van der Waals surface area contributed by atoms with Crippen LogP contribution in [0.3, 0.4) is 0 Å². The predicted octanol–water partition coefficient (Wildman–Crippen LogP) is 3.24. The number of rotatable bonds is 2. The fourth-order valence-electron chi connectivity index (χ4n) is 1.39. The molecule has 1 rings (SSSR count). The Hall–Kier alpha value is -1.77. The molecule has 0 saturated heterocycles. The molecule has 0 aliphatic heterocycles. The van der Waals surface area contributed by atoms with Crippen LogP contribution in [0.25, 0.3) is 0 Å². The molecule has 1 aromatic rings. The highest BCUT2D eigenvalue weighted by Crippen LogP contribution is 2.24. The fourth-order valence-corrected chi connectivity index (χ4v) is 1.39. The molecule has 0 saturated carbocycles. The summed E-state index contributed by atoms with van der Waals surface area (Å²) < 4.78 is 0. The molecule has 92 valence electrons. The van der Waals surface area contributed by atoms with Crippen molar-refractivity contribution in [3.8, 4) is 0 Å². The minimum Gasteiger partial charge on any atom is -0.404 e. The summed E-state index contributed by atoms with van der Waals surface area (Å²) in [5.41, 5.74) is 8.38. The lowest BCUT2D eigenvalue weighted by Gasteiger charge is -2.20. The zero-order chi connectivity index (χ0) is 13.1. The van der Waals surface area contributed by atoms with E-state index in [-0.39, 0.29) is 5.41 Å². The zero-order valence-electron chi connectivity index (χ0n) is 11.0. The van der Waals surface area contributed by atoms with E-state index in [0.29, 0.717) is 5.84 Å². The molecule has 17 heavy (non-hydrogen) atoms. The standard InChI is InChI=1S/C14H21N3/c1-10(9-15)13(16)17-12-7-5-6-11(8-12)14(2,3)4/h5-9H,15H2,1-4H3,(H2,16,17)/b10-9-. The van der Waals surface area contributed by atoms with E-state index in [2.05, 4.69) is 38.2 Å². The summed E-state index contributed by atoms with van der Waals surface area (Å²) in [6.07, 6.45) is 1.43. The van der Waals surface area contributed by atoms with E-state index in [1.165, 1.54) is 11.8 Å². The number of anilines is 1. The molecule has 0 spiro atoms. The molecule has 0 aliphatic rings. The Morgan fingerprint density at radius 3 is 2.53 bits per heavy atom. The smallest absolute Gasteiger partial charge is 0.126 e. The number of nitrogens with one attached hydrogen (secondary N) is 2. The Balaban J connectivity index is 2.91. The third kappa shape index (κ3) is 3.63. The van der Waals surface area contributed by atoms with Gasteiger partial charge in [0.05, 0.1) is 0 Å². The summed E-state index contributed by atoms with van der Waals surface area (Å²) in [6.45, 7) is 8.32. The number of hydrogen-bond donors (Lipinski definition) is 3. The van der Waals surface area contributed by atoms with Gasteiger partial charge in [0.2, 0.25) is 0 Å². The average Bonchev–Trinajstić information content (AvgIpc) is 2.27. The SMILES string of the molecule is C/C(=C/N)C(=N)Nc1cccc(C(C)(C)C)c1. The van der Waals surface area contributed by atoms with Gasteiger partial charge in [0.1, 0.15) is 5.84 Å². The Bertz CT molecular complexity index is 439. The van der Waals surface area contributed by atoms with Crippen LogP contribution in [0.2, 0.25) is 0 Å². The summed E-state index contributed by atoms with van der Waals surface area (Å²) in [7, 11) is 0. The Morgan fingerprint density at radius 2 is 2.00 bits per heavy atom. The Kier molecular flexibility index (Phi) is 3.94. The first-order chi connectivity index (χ1) is 7.84. The summed E-state index contributed by atoms with van der Waals surface area (Å²) in [6, 6.07) is 8.12. The van der Waals surface area contributed by atoms with Crippen LogP contribution in [-0.2, 0) is 5.41 Å². The van der Waals surface area contributed by atoms with E-state index < -0.39 is 0 Å². The molecule has 0 unspecified atom stereocenters. The monoisotopic (exact) mass is 231 g/mol. The molecule has 3 heteroatoms. The van der Waals surface area contributed by atoms with Gasteiger partial charge in [-0.1, -0.05) is 32.9 Å². The first-order valence-corrected chi connectivity index (χ1v) is 5.69. The van der Waals surface area contributed by atoms with E-state index in [9.17, 15) is 0 Å². The number of amidine groups is 1. The maximum Gasteiger partial charge on any atom is 0.126 e. The van der Waals surface area contributed by atoms with Crippen LogP contribution in [0.5, 0.6) is 0 Å². The van der Waals surface area contributed by atoms with Crippen molar-refractivity contribution < 1.29 is 0 Å². The van der Waals surface area contributed by atoms with Gasteiger partial charge in [-0.3, -0.25) is 5.41 Å². The predicted molar refractivity (Wildman–Crippen MR) is 74.4 cm³/mol. The second-order valence-electron chi connectivity index (χ2n) is 5.18. The quantitative estimate of drug-likeness (QED) is 0.540. The van der Waals surface area contributed by atoms with Crippen molar-refractivity contribution in [2.24, 2.45) is 5.73 Å². The van der Waals surface area contributed by atoms with Gasteiger partial charge >= 0.3 is 0 Å². The van der Waals surface area contributed by atoms with Crippen LogP contribution in [0.1, 0.15) is 33.3 Å². The second-order valence-corrected chi connectivity index (χ2v) is 5.18. The highest BCUT2D eigenvalue weighted by molar-refractivity contribution is 6.05. The van der Waals surface area contributed by atoms with Crippen LogP contribution < -0.4 is 11.1 Å². The van der Waals surface area contributed by atoms with Crippen molar-refractivity contribution in [3.63, 3.8) is 0 Å². The van der Waals surface area contributed by atoms with Gasteiger partial charge in [-0.2, -0.15) is 0 Å². The van der Waals surface area contributed by atoms with Gasteiger partial charge in [-0.05, 0) is 30.0 Å². The van der Waals surface area contributed by atoms with E-state index >= 15 is 0 Å². The molecule has 0 heterocycles. The topological polar surface area (TPSA) is 61.9 Å². The van der Waals surface area contributed by atoms with E-state index in [1.54, 1.807) is 0 Å². The maximum absolute atomic E-state index is 7.80. The van der Waals surface area contributed by atoms with Crippen LogP contribution in [0.4, 0.5) is 5.69 Å². The summed E-state index contributed by atoms with van der Waals surface area (Å²) >= 11 is 0. The number of benzene rings is 1. The van der Waals surface area contributed by atoms with Gasteiger partial charge in [-0.15, -0.1) is 0 Å². The summed E-state index contributed by atoms with van der Waals surface area (Å²) in [5, 5.41) is 10.8. The lowest BCUT2D eigenvalue weighted by molar-refractivity contribution is 0.590. The number of nitrogens with two attached hydrogens (primary N) is 1. The molecular formula is C14H21N3. The molecule has 0 aliphatic carbocycles. The Morgan fingerprint density at radius 1 is 1.35 bits per heavy atom. The first kappa shape index (κ1) is 13.3. The summed E-state index contributed by atoms with van der Waals surface area (Å²) in [5.74, 6) is 0.332. The largest absolute Gasteiger partial charge is 0.404 e. The van der Waals surface area contributed by atoms with Crippen LogP contribution in [0, 0.1) is 5.41 Å². The molecule has 0 fully saturated rings. The zero-order valence-corrected chi connectivity index (χ0v) is 11.0. The maximum atomic E-state index is 7.80. The van der Waals surface area contributed by atoms with Crippen molar-refractivity contribution in [1.29, 1.82) is 5.41 Å². The van der Waals surface area contributed by atoms with E-state index in [4.69, 9.17) is 11.1 Å². The van der Waals surface area contributed by atoms with E-state index in [0.717, 1.165) is 11.3 Å². The molecule has 0 aromatic heterocycles. The lowest BCUT2D eigenvalue weighted by atomic mass is 9.87. The van der Waals surface area contributed by atoms with Crippen molar-refractivity contribution in [3.05, 3.63) is 41.6 Å². The fraction of sp³-hybridized carbons (Fsp3) is 0.357. The summed E-state index contributed by atoms with van der Waals surface area (Å²) in [4.78, 5) is 0. The first-order valence-electron chi connectivity index (χ1n) is 5.69. The molecule has 0 bridgehead atoms. The third-order valence-electron chi connectivity index (χ3n) is 2.64.